The molecule has 2 aromatic carbocycles. The molecule has 0 saturated heterocycles. The molecule has 0 amide bonds. The summed E-state index contributed by atoms with van der Waals surface area (Å²) in [7, 11) is -4.42. The van der Waals surface area contributed by atoms with E-state index in [-0.39, 0.29) is 4.90 Å². The normalized spacial score (nSPS) is 11.1. The fraction of sp³-hybridized carbons (Fsp3) is 0.0769. The van der Waals surface area contributed by atoms with Crippen molar-refractivity contribution in [2.24, 2.45) is 0 Å². The van der Waals surface area contributed by atoms with Gasteiger partial charge in [-0.05, 0) is 23.7 Å². The number of sulfone groups is 1. The summed E-state index contributed by atoms with van der Waals surface area (Å²) in [6.45, 7) is 0. The standard InChI is InChI=1S/C13H13BO4S/c1-19(16,17)13-9-5-8-12(10-13)18-14(15)11-6-3-2-4-7-11/h2-10,15H,1H3. The second-order valence-corrected chi connectivity index (χ2v) is 6.14. The van der Waals surface area contributed by atoms with Gasteiger partial charge in [-0.25, -0.2) is 8.42 Å². The fourth-order valence-corrected chi connectivity index (χ4v) is 2.25. The van der Waals surface area contributed by atoms with Crippen LogP contribution in [0, 0.1) is 0 Å². The van der Waals surface area contributed by atoms with Gasteiger partial charge in [0.1, 0.15) is 5.75 Å². The summed E-state index contributed by atoms with van der Waals surface area (Å²) in [4.78, 5) is 0.158. The zero-order chi connectivity index (χ0) is 13.9. The third-order valence-electron chi connectivity index (χ3n) is 2.57. The van der Waals surface area contributed by atoms with Gasteiger partial charge < -0.3 is 9.68 Å². The minimum absolute atomic E-state index is 0.158. The van der Waals surface area contributed by atoms with Crippen LogP contribution in [-0.2, 0) is 9.84 Å². The van der Waals surface area contributed by atoms with E-state index in [4.69, 9.17) is 4.65 Å². The number of benzene rings is 2. The highest BCUT2D eigenvalue weighted by molar-refractivity contribution is 7.90. The Morgan fingerprint density at radius 2 is 1.74 bits per heavy atom. The molecule has 19 heavy (non-hydrogen) atoms. The van der Waals surface area contributed by atoms with Crippen LogP contribution in [-0.4, -0.2) is 26.8 Å². The van der Waals surface area contributed by atoms with E-state index < -0.39 is 17.0 Å². The highest BCUT2D eigenvalue weighted by Gasteiger charge is 2.18. The molecule has 0 radical (unpaired) electrons. The van der Waals surface area contributed by atoms with Gasteiger partial charge in [0, 0.05) is 6.26 Å². The molecule has 0 aliphatic rings. The first kappa shape index (κ1) is 13.6. The lowest BCUT2D eigenvalue weighted by Gasteiger charge is -2.10. The zero-order valence-electron chi connectivity index (χ0n) is 10.4. The molecular weight excluding hydrogens is 263 g/mol. The number of hydrogen-bond donors (Lipinski definition) is 1. The zero-order valence-corrected chi connectivity index (χ0v) is 11.2. The maximum atomic E-state index is 11.4. The lowest BCUT2D eigenvalue weighted by atomic mass is 9.79. The van der Waals surface area contributed by atoms with E-state index in [1.807, 2.05) is 6.07 Å². The average Bonchev–Trinajstić information content (AvgIpc) is 2.39. The first-order valence-corrected chi connectivity index (χ1v) is 7.56. The van der Waals surface area contributed by atoms with Crippen LogP contribution in [0.25, 0.3) is 0 Å². The van der Waals surface area contributed by atoms with Crippen LogP contribution in [0.3, 0.4) is 0 Å². The van der Waals surface area contributed by atoms with Crippen molar-refractivity contribution in [1.29, 1.82) is 0 Å². The molecule has 0 atom stereocenters. The molecule has 0 heterocycles. The van der Waals surface area contributed by atoms with Crippen molar-refractivity contribution in [2.45, 2.75) is 4.90 Å². The van der Waals surface area contributed by atoms with Crippen LogP contribution >= 0.6 is 0 Å². The molecule has 98 valence electrons. The van der Waals surface area contributed by atoms with Gasteiger partial charge in [0.05, 0.1) is 4.90 Å². The van der Waals surface area contributed by atoms with Crippen molar-refractivity contribution in [3.63, 3.8) is 0 Å². The van der Waals surface area contributed by atoms with Crippen molar-refractivity contribution in [2.75, 3.05) is 6.26 Å². The Morgan fingerprint density at radius 3 is 2.37 bits per heavy atom. The molecule has 0 bridgehead atoms. The maximum absolute atomic E-state index is 11.4. The Balaban J connectivity index is 2.20. The summed E-state index contributed by atoms with van der Waals surface area (Å²) in [6, 6.07) is 14.9. The number of hydrogen-bond acceptors (Lipinski definition) is 4. The SMILES string of the molecule is CS(=O)(=O)c1cccc(OB(O)c2ccccc2)c1. The minimum atomic E-state index is -3.29. The third kappa shape index (κ3) is 3.59. The van der Waals surface area contributed by atoms with Crippen LogP contribution in [0.2, 0.25) is 0 Å². The topological polar surface area (TPSA) is 63.6 Å². The van der Waals surface area contributed by atoms with Crippen LogP contribution < -0.4 is 10.1 Å². The highest BCUT2D eigenvalue weighted by Crippen LogP contribution is 2.17. The molecule has 0 aliphatic heterocycles. The Morgan fingerprint density at radius 1 is 1.05 bits per heavy atom. The second kappa shape index (κ2) is 5.46. The highest BCUT2D eigenvalue weighted by atomic mass is 32.2. The lowest BCUT2D eigenvalue weighted by molar-refractivity contribution is 0.432. The van der Waals surface area contributed by atoms with Gasteiger partial charge in [-0.3, -0.25) is 0 Å². The van der Waals surface area contributed by atoms with Crippen LogP contribution in [0.4, 0.5) is 0 Å². The first-order valence-electron chi connectivity index (χ1n) is 5.66. The second-order valence-electron chi connectivity index (χ2n) is 4.13. The summed E-state index contributed by atoms with van der Waals surface area (Å²) in [5, 5.41) is 9.90. The van der Waals surface area contributed by atoms with Crippen molar-refractivity contribution in [1.82, 2.24) is 0 Å². The van der Waals surface area contributed by atoms with Gasteiger partial charge in [-0.15, -0.1) is 0 Å². The Bertz CT molecular complexity index is 655. The van der Waals surface area contributed by atoms with Gasteiger partial charge in [0.2, 0.25) is 0 Å². The van der Waals surface area contributed by atoms with Gasteiger partial charge in [-0.1, -0.05) is 36.4 Å². The monoisotopic (exact) mass is 276 g/mol. The van der Waals surface area contributed by atoms with E-state index >= 15 is 0 Å². The van der Waals surface area contributed by atoms with Gasteiger partial charge in [0.25, 0.3) is 0 Å². The Kier molecular flexibility index (Phi) is 3.92. The summed E-state index contributed by atoms with van der Waals surface area (Å²) < 4.78 is 28.2. The van der Waals surface area contributed by atoms with Crippen molar-refractivity contribution < 1.29 is 18.1 Å². The molecule has 0 aromatic heterocycles. The third-order valence-corrected chi connectivity index (χ3v) is 3.68. The van der Waals surface area contributed by atoms with E-state index in [9.17, 15) is 13.4 Å². The summed E-state index contributed by atoms with van der Waals surface area (Å²) >= 11 is 0. The van der Waals surface area contributed by atoms with E-state index in [1.165, 1.54) is 12.1 Å². The van der Waals surface area contributed by atoms with E-state index in [0.29, 0.717) is 11.2 Å². The van der Waals surface area contributed by atoms with Gasteiger partial charge in [-0.2, -0.15) is 0 Å². The summed E-state index contributed by atoms with van der Waals surface area (Å²) in [5.74, 6) is 0.305. The summed E-state index contributed by atoms with van der Waals surface area (Å²) in [6.07, 6.45) is 1.12. The number of rotatable bonds is 4. The minimum Gasteiger partial charge on any atom is -0.532 e. The maximum Gasteiger partial charge on any atom is 0.560 e. The Labute approximate surface area is 112 Å². The molecule has 4 nitrogen and oxygen atoms in total. The Hall–Kier alpha value is -1.79. The molecule has 0 aliphatic carbocycles. The van der Waals surface area contributed by atoms with Crippen LogP contribution in [0.1, 0.15) is 0 Å². The van der Waals surface area contributed by atoms with E-state index in [0.717, 1.165) is 6.26 Å². The smallest absolute Gasteiger partial charge is 0.532 e. The molecule has 0 saturated carbocycles. The molecular formula is C13H13BO4S. The average molecular weight is 276 g/mol. The molecule has 2 aromatic rings. The molecule has 1 N–H and O–H groups in total. The largest absolute Gasteiger partial charge is 0.560 e. The predicted octanol–water partition coefficient (Wildman–Crippen LogP) is 0.857. The fourth-order valence-electron chi connectivity index (χ4n) is 1.59. The van der Waals surface area contributed by atoms with E-state index in [2.05, 4.69) is 0 Å². The van der Waals surface area contributed by atoms with Crippen LogP contribution in [0.5, 0.6) is 5.75 Å². The lowest BCUT2D eigenvalue weighted by Crippen LogP contribution is -2.36. The molecule has 6 heteroatoms. The summed E-state index contributed by atoms with van der Waals surface area (Å²) in [5.41, 5.74) is 0.604. The van der Waals surface area contributed by atoms with Gasteiger partial charge in [0.15, 0.2) is 9.84 Å². The van der Waals surface area contributed by atoms with Gasteiger partial charge >= 0.3 is 7.12 Å². The molecule has 0 spiro atoms. The molecule has 0 unspecified atom stereocenters. The van der Waals surface area contributed by atoms with E-state index in [1.54, 1.807) is 36.4 Å². The molecule has 0 fully saturated rings. The molecule has 2 rings (SSSR count). The van der Waals surface area contributed by atoms with Crippen molar-refractivity contribution in [3.8, 4) is 5.75 Å². The predicted molar refractivity (Wildman–Crippen MR) is 74.2 cm³/mol. The quantitative estimate of drug-likeness (QED) is 0.841. The van der Waals surface area contributed by atoms with Crippen molar-refractivity contribution >= 4 is 22.4 Å². The van der Waals surface area contributed by atoms with Crippen molar-refractivity contribution in [3.05, 3.63) is 54.6 Å². The first-order chi connectivity index (χ1) is 8.97. The van der Waals surface area contributed by atoms with Crippen LogP contribution in [0.15, 0.2) is 59.5 Å².